The van der Waals surface area contributed by atoms with E-state index in [9.17, 15) is 4.79 Å². The number of carbonyl (C=O) groups excluding carboxylic acids is 1. The lowest BCUT2D eigenvalue weighted by molar-refractivity contribution is -0.116. The first-order valence-corrected chi connectivity index (χ1v) is 6.34. The third kappa shape index (κ3) is 4.54. The molecule has 19 heavy (non-hydrogen) atoms. The van der Waals surface area contributed by atoms with Crippen LogP contribution in [0, 0.1) is 0 Å². The van der Waals surface area contributed by atoms with Crippen LogP contribution in [0.5, 0.6) is 5.75 Å². The van der Waals surface area contributed by atoms with Crippen molar-refractivity contribution in [3.8, 4) is 5.75 Å². The Labute approximate surface area is 113 Å². The van der Waals surface area contributed by atoms with E-state index in [0.717, 1.165) is 23.3 Å². The average Bonchev–Trinajstić information content (AvgIpc) is 2.41. The highest BCUT2D eigenvalue weighted by Crippen LogP contribution is 2.13. The van der Waals surface area contributed by atoms with Gasteiger partial charge in [0.25, 0.3) is 0 Å². The SMILES string of the molecule is CC(=O)Cc1ccc(OCCc2cccnc2)cc1. The molecule has 0 N–H and O–H groups in total. The van der Waals surface area contributed by atoms with Crippen LogP contribution in [0.4, 0.5) is 0 Å². The van der Waals surface area contributed by atoms with Crippen LogP contribution >= 0.6 is 0 Å². The molecule has 0 aliphatic heterocycles. The maximum Gasteiger partial charge on any atom is 0.134 e. The van der Waals surface area contributed by atoms with E-state index in [1.807, 2.05) is 42.6 Å². The predicted molar refractivity (Wildman–Crippen MR) is 74.3 cm³/mol. The number of pyridine rings is 1. The van der Waals surface area contributed by atoms with E-state index in [1.54, 1.807) is 13.1 Å². The van der Waals surface area contributed by atoms with Crippen LogP contribution in [0.25, 0.3) is 0 Å². The number of hydrogen-bond donors (Lipinski definition) is 0. The van der Waals surface area contributed by atoms with Gasteiger partial charge < -0.3 is 4.74 Å². The molecule has 0 unspecified atom stereocenters. The van der Waals surface area contributed by atoms with E-state index in [2.05, 4.69) is 4.98 Å². The highest BCUT2D eigenvalue weighted by Gasteiger charge is 1.99. The summed E-state index contributed by atoms with van der Waals surface area (Å²) in [5, 5.41) is 0. The molecule has 0 atom stereocenters. The fourth-order valence-electron chi connectivity index (χ4n) is 1.82. The number of aromatic nitrogens is 1. The Morgan fingerprint density at radius 3 is 2.58 bits per heavy atom. The molecule has 3 heteroatoms. The van der Waals surface area contributed by atoms with Gasteiger partial charge in [-0.2, -0.15) is 0 Å². The Morgan fingerprint density at radius 2 is 1.95 bits per heavy atom. The van der Waals surface area contributed by atoms with Crippen molar-refractivity contribution in [2.45, 2.75) is 19.8 Å². The lowest BCUT2D eigenvalue weighted by Crippen LogP contribution is -2.02. The van der Waals surface area contributed by atoms with Gasteiger partial charge >= 0.3 is 0 Å². The number of ether oxygens (including phenoxy) is 1. The number of hydrogen-bond acceptors (Lipinski definition) is 3. The first-order chi connectivity index (χ1) is 9.24. The summed E-state index contributed by atoms with van der Waals surface area (Å²) in [7, 11) is 0. The second-order valence-electron chi connectivity index (χ2n) is 4.48. The molecular formula is C16H17NO2. The van der Waals surface area contributed by atoms with Crippen molar-refractivity contribution in [3.63, 3.8) is 0 Å². The van der Waals surface area contributed by atoms with Crippen molar-refractivity contribution in [2.75, 3.05) is 6.61 Å². The van der Waals surface area contributed by atoms with E-state index in [1.165, 1.54) is 0 Å². The summed E-state index contributed by atoms with van der Waals surface area (Å²) in [6.45, 7) is 2.22. The molecule has 0 bridgehead atoms. The highest BCUT2D eigenvalue weighted by atomic mass is 16.5. The number of Topliss-reactive ketones (excluding diaryl/α,β-unsaturated/α-hetero) is 1. The largest absolute Gasteiger partial charge is 0.493 e. The Bertz CT molecular complexity index is 520. The zero-order valence-corrected chi connectivity index (χ0v) is 11.0. The molecule has 0 amide bonds. The molecule has 0 saturated heterocycles. The van der Waals surface area contributed by atoms with Gasteiger partial charge in [-0.05, 0) is 36.2 Å². The van der Waals surface area contributed by atoms with E-state index >= 15 is 0 Å². The molecule has 0 aliphatic rings. The zero-order chi connectivity index (χ0) is 13.5. The Hall–Kier alpha value is -2.16. The quantitative estimate of drug-likeness (QED) is 0.796. The number of nitrogens with zero attached hydrogens (tertiary/aromatic N) is 1. The minimum absolute atomic E-state index is 0.172. The molecular weight excluding hydrogens is 238 g/mol. The second kappa shape index (κ2) is 6.69. The van der Waals surface area contributed by atoms with Gasteiger partial charge in [0.1, 0.15) is 11.5 Å². The molecule has 2 aromatic rings. The molecule has 0 radical (unpaired) electrons. The molecule has 0 fully saturated rings. The molecule has 0 aliphatic carbocycles. The summed E-state index contributed by atoms with van der Waals surface area (Å²) in [6.07, 6.45) is 4.93. The van der Waals surface area contributed by atoms with Crippen molar-refractivity contribution < 1.29 is 9.53 Å². The Kier molecular flexibility index (Phi) is 4.67. The summed E-state index contributed by atoms with van der Waals surface area (Å²) in [6, 6.07) is 11.6. The van der Waals surface area contributed by atoms with Crippen molar-refractivity contribution in [3.05, 3.63) is 59.9 Å². The molecule has 1 aromatic carbocycles. The maximum atomic E-state index is 11.0. The summed E-state index contributed by atoms with van der Waals surface area (Å²) >= 11 is 0. The van der Waals surface area contributed by atoms with Gasteiger partial charge in [-0.15, -0.1) is 0 Å². The molecule has 0 spiro atoms. The third-order valence-corrected chi connectivity index (χ3v) is 2.76. The van der Waals surface area contributed by atoms with E-state index in [-0.39, 0.29) is 5.78 Å². The van der Waals surface area contributed by atoms with Crippen LogP contribution in [0.15, 0.2) is 48.8 Å². The van der Waals surface area contributed by atoms with E-state index in [4.69, 9.17) is 4.74 Å². The van der Waals surface area contributed by atoms with Crippen LogP contribution in [0.3, 0.4) is 0 Å². The van der Waals surface area contributed by atoms with Gasteiger partial charge in [-0.1, -0.05) is 18.2 Å². The lowest BCUT2D eigenvalue weighted by Gasteiger charge is -2.06. The Morgan fingerprint density at radius 1 is 1.16 bits per heavy atom. The average molecular weight is 255 g/mol. The van der Waals surface area contributed by atoms with Gasteiger partial charge in [0, 0.05) is 25.2 Å². The smallest absolute Gasteiger partial charge is 0.134 e. The zero-order valence-electron chi connectivity index (χ0n) is 11.0. The van der Waals surface area contributed by atoms with Gasteiger partial charge in [0.2, 0.25) is 0 Å². The normalized spacial score (nSPS) is 10.2. The summed E-state index contributed by atoms with van der Waals surface area (Å²) < 4.78 is 5.66. The Balaban J connectivity index is 1.81. The van der Waals surface area contributed by atoms with Gasteiger partial charge in [0.05, 0.1) is 6.61 Å². The second-order valence-corrected chi connectivity index (χ2v) is 4.48. The van der Waals surface area contributed by atoms with Crippen molar-refractivity contribution in [2.24, 2.45) is 0 Å². The molecule has 3 nitrogen and oxygen atoms in total. The number of benzene rings is 1. The first kappa shape index (κ1) is 13.3. The molecule has 1 heterocycles. The molecule has 2 rings (SSSR count). The fraction of sp³-hybridized carbons (Fsp3) is 0.250. The van der Waals surface area contributed by atoms with Gasteiger partial charge in [-0.3, -0.25) is 9.78 Å². The third-order valence-electron chi connectivity index (χ3n) is 2.76. The maximum absolute atomic E-state index is 11.0. The number of rotatable bonds is 6. The number of carbonyl (C=O) groups is 1. The van der Waals surface area contributed by atoms with Crippen LogP contribution in [-0.2, 0) is 17.6 Å². The van der Waals surface area contributed by atoms with E-state index < -0.39 is 0 Å². The van der Waals surface area contributed by atoms with Crippen LogP contribution < -0.4 is 4.74 Å². The topological polar surface area (TPSA) is 39.2 Å². The number of ketones is 1. The van der Waals surface area contributed by atoms with Crippen LogP contribution in [0.2, 0.25) is 0 Å². The highest BCUT2D eigenvalue weighted by molar-refractivity contribution is 5.78. The first-order valence-electron chi connectivity index (χ1n) is 6.34. The summed E-state index contributed by atoms with van der Waals surface area (Å²) in [4.78, 5) is 15.1. The molecule has 98 valence electrons. The van der Waals surface area contributed by atoms with Gasteiger partial charge in [-0.25, -0.2) is 0 Å². The molecule has 0 saturated carbocycles. The van der Waals surface area contributed by atoms with Crippen LogP contribution in [-0.4, -0.2) is 17.4 Å². The standard InChI is InChI=1S/C16H17NO2/c1-13(18)11-14-4-6-16(7-5-14)19-10-8-15-3-2-9-17-12-15/h2-7,9,12H,8,10-11H2,1H3. The molecule has 1 aromatic heterocycles. The van der Waals surface area contributed by atoms with Crippen molar-refractivity contribution >= 4 is 5.78 Å². The summed E-state index contributed by atoms with van der Waals surface area (Å²) in [5.41, 5.74) is 2.18. The minimum atomic E-state index is 0.172. The minimum Gasteiger partial charge on any atom is -0.493 e. The lowest BCUT2D eigenvalue weighted by atomic mass is 10.1. The fourth-order valence-corrected chi connectivity index (χ4v) is 1.82. The summed E-state index contributed by atoms with van der Waals surface area (Å²) in [5.74, 6) is 1.00. The van der Waals surface area contributed by atoms with Crippen molar-refractivity contribution in [1.82, 2.24) is 4.98 Å². The van der Waals surface area contributed by atoms with E-state index in [0.29, 0.717) is 13.0 Å². The van der Waals surface area contributed by atoms with Crippen molar-refractivity contribution in [1.29, 1.82) is 0 Å². The van der Waals surface area contributed by atoms with Crippen LogP contribution in [0.1, 0.15) is 18.1 Å². The monoisotopic (exact) mass is 255 g/mol. The van der Waals surface area contributed by atoms with Gasteiger partial charge in [0.15, 0.2) is 0 Å². The predicted octanol–water partition coefficient (Wildman–Crippen LogP) is 2.83.